The fourth-order valence-corrected chi connectivity index (χ4v) is 3.46. The lowest BCUT2D eigenvalue weighted by Gasteiger charge is -2.33. The summed E-state index contributed by atoms with van der Waals surface area (Å²) in [6.45, 7) is 4.03. The highest BCUT2D eigenvalue weighted by atomic mass is 16.4. The van der Waals surface area contributed by atoms with Gasteiger partial charge in [0.25, 0.3) is 0 Å². The molecule has 0 aromatic carbocycles. The number of amides is 2. The van der Waals surface area contributed by atoms with Crippen molar-refractivity contribution in [3.05, 3.63) is 0 Å². The quantitative estimate of drug-likeness (QED) is 0.832. The number of nitrogens with one attached hydrogen (secondary N) is 1. The number of aliphatic carboxylic acids is 1. The SMILES string of the molecule is CCC1CCCN(C(=O)NCC2(C(=O)O)CCCC2)C1. The number of hydrogen-bond donors (Lipinski definition) is 2. The molecule has 2 amide bonds. The molecule has 0 spiro atoms. The molecule has 1 saturated heterocycles. The standard InChI is InChI=1S/C15H26N2O3/c1-2-12-6-5-9-17(10-12)14(20)16-11-15(13(18)19)7-3-4-8-15/h12H,2-11H2,1H3,(H,16,20)(H,18,19). The predicted molar refractivity (Wildman–Crippen MR) is 76.5 cm³/mol. The van der Waals surface area contributed by atoms with Crippen LogP contribution in [0.4, 0.5) is 4.79 Å². The van der Waals surface area contributed by atoms with E-state index in [1.54, 1.807) is 0 Å². The van der Waals surface area contributed by atoms with E-state index in [0.717, 1.165) is 38.8 Å². The molecule has 0 aromatic rings. The van der Waals surface area contributed by atoms with Crippen molar-refractivity contribution in [1.82, 2.24) is 10.2 Å². The van der Waals surface area contributed by atoms with Crippen LogP contribution in [0.3, 0.4) is 0 Å². The second-order valence-electron chi connectivity index (χ2n) is 6.31. The smallest absolute Gasteiger partial charge is 0.317 e. The summed E-state index contributed by atoms with van der Waals surface area (Å²) in [5.41, 5.74) is -0.727. The molecule has 0 bridgehead atoms. The molecule has 0 aromatic heterocycles. The van der Waals surface area contributed by atoms with Crippen molar-refractivity contribution in [2.75, 3.05) is 19.6 Å². The Balaban J connectivity index is 1.86. The molecule has 0 radical (unpaired) electrons. The Hall–Kier alpha value is -1.26. The van der Waals surface area contributed by atoms with E-state index in [1.165, 1.54) is 6.42 Å². The van der Waals surface area contributed by atoms with Gasteiger partial charge in [-0.25, -0.2) is 4.79 Å². The van der Waals surface area contributed by atoms with Crippen molar-refractivity contribution >= 4 is 12.0 Å². The van der Waals surface area contributed by atoms with Gasteiger partial charge in [-0.3, -0.25) is 4.79 Å². The fraction of sp³-hybridized carbons (Fsp3) is 0.867. The minimum atomic E-state index is -0.764. The first-order chi connectivity index (χ1) is 9.57. The first-order valence-electron chi connectivity index (χ1n) is 7.83. The van der Waals surface area contributed by atoms with Gasteiger partial charge in [0, 0.05) is 19.6 Å². The van der Waals surface area contributed by atoms with Crippen LogP contribution in [0.2, 0.25) is 0 Å². The highest BCUT2D eigenvalue weighted by molar-refractivity contribution is 5.78. The van der Waals surface area contributed by atoms with E-state index in [-0.39, 0.29) is 12.6 Å². The Morgan fingerprint density at radius 3 is 2.60 bits per heavy atom. The van der Waals surface area contributed by atoms with E-state index in [2.05, 4.69) is 12.2 Å². The molecule has 5 nitrogen and oxygen atoms in total. The summed E-state index contributed by atoms with van der Waals surface area (Å²) in [6, 6.07) is -0.0873. The molecule has 2 aliphatic rings. The van der Waals surface area contributed by atoms with Crippen LogP contribution in [0.15, 0.2) is 0 Å². The van der Waals surface area contributed by atoms with Gasteiger partial charge in [0.05, 0.1) is 5.41 Å². The van der Waals surface area contributed by atoms with Crippen molar-refractivity contribution in [1.29, 1.82) is 0 Å². The second kappa shape index (κ2) is 6.46. The number of piperidine rings is 1. The Bertz CT molecular complexity index is 364. The maximum Gasteiger partial charge on any atom is 0.317 e. The lowest BCUT2D eigenvalue weighted by atomic mass is 9.86. The van der Waals surface area contributed by atoms with Gasteiger partial charge in [-0.15, -0.1) is 0 Å². The molecular weight excluding hydrogens is 256 g/mol. The molecule has 1 saturated carbocycles. The molecular formula is C15H26N2O3. The number of nitrogens with zero attached hydrogens (tertiary/aromatic N) is 1. The Labute approximate surface area is 120 Å². The molecule has 5 heteroatoms. The van der Waals surface area contributed by atoms with Crippen LogP contribution in [0.25, 0.3) is 0 Å². The van der Waals surface area contributed by atoms with Crippen molar-refractivity contribution in [3.63, 3.8) is 0 Å². The molecule has 1 unspecified atom stereocenters. The zero-order valence-electron chi connectivity index (χ0n) is 12.4. The van der Waals surface area contributed by atoms with Gasteiger partial charge in [-0.2, -0.15) is 0 Å². The van der Waals surface area contributed by atoms with Crippen molar-refractivity contribution in [2.24, 2.45) is 11.3 Å². The topological polar surface area (TPSA) is 69.6 Å². The molecule has 2 rings (SSSR count). The van der Waals surface area contributed by atoms with Gasteiger partial charge >= 0.3 is 12.0 Å². The summed E-state index contributed by atoms with van der Waals surface area (Å²) in [5.74, 6) is -0.171. The zero-order valence-corrected chi connectivity index (χ0v) is 12.4. The van der Waals surface area contributed by atoms with Crippen molar-refractivity contribution in [2.45, 2.75) is 51.9 Å². The third-order valence-corrected chi connectivity index (χ3v) is 4.98. The number of carboxylic acid groups (broad SMARTS) is 1. The van der Waals surface area contributed by atoms with E-state index in [0.29, 0.717) is 18.8 Å². The molecule has 2 fully saturated rings. The molecule has 20 heavy (non-hydrogen) atoms. The predicted octanol–water partition coefficient (Wildman–Crippen LogP) is 2.46. The number of carboxylic acids is 1. The van der Waals surface area contributed by atoms with Gasteiger partial charge in [0.2, 0.25) is 0 Å². The number of urea groups is 1. The number of rotatable bonds is 4. The molecule has 1 aliphatic carbocycles. The lowest BCUT2D eigenvalue weighted by molar-refractivity contribution is -0.148. The fourth-order valence-electron chi connectivity index (χ4n) is 3.46. The number of carbonyl (C=O) groups is 2. The van der Waals surface area contributed by atoms with Gasteiger partial charge < -0.3 is 15.3 Å². The van der Waals surface area contributed by atoms with Gasteiger partial charge in [0.15, 0.2) is 0 Å². The molecule has 1 heterocycles. The molecule has 1 atom stereocenters. The van der Waals surface area contributed by atoms with E-state index in [1.807, 2.05) is 4.90 Å². The normalized spacial score (nSPS) is 25.4. The van der Waals surface area contributed by atoms with Crippen LogP contribution >= 0.6 is 0 Å². The third-order valence-electron chi connectivity index (χ3n) is 4.98. The van der Waals surface area contributed by atoms with Crippen LogP contribution < -0.4 is 5.32 Å². The minimum absolute atomic E-state index is 0.0873. The van der Waals surface area contributed by atoms with Crippen molar-refractivity contribution in [3.8, 4) is 0 Å². The summed E-state index contributed by atoms with van der Waals surface area (Å²) in [7, 11) is 0. The lowest BCUT2D eigenvalue weighted by Crippen LogP contribution is -2.49. The van der Waals surface area contributed by atoms with E-state index in [9.17, 15) is 14.7 Å². The van der Waals surface area contributed by atoms with E-state index >= 15 is 0 Å². The first kappa shape index (κ1) is 15.1. The van der Waals surface area contributed by atoms with Gasteiger partial charge in [-0.1, -0.05) is 26.2 Å². The maximum atomic E-state index is 12.2. The third kappa shape index (κ3) is 3.25. The second-order valence-corrected chi connectivity index (χ2v) is 6.31. The molecule has 2 N–H and O–H groups in total. The number of likely N-dealkylation sites (tertiary alicyclic amines) is 1. The minimum Gasteiger partial charge on any atom is -0.481 e. The highest BCUT2D eigenvalue weighted by Gasteiger charge is 2.41. The van der Waals surface area contributed by atoms with Gasteiger partial charge in [-0.05, 0) is 31.6 Å². The first-order valence-corrected chi connectivity index (χ1v) is 7.83. The summed E-state index contributed by atoms with van der Waals surface area (Å²) in [5, 5.41) is 12.3. The number of carbonyl (C=O) groups excluding carboxylic acids is 1. The van der Waals surface area contributed by atoms with Crippen molar-refractivity contribution < 1.29 is 14.7 Å². The van der Waals surface area contributed by atoms with E-state index in [4.69, 9.17) is 0 Å². The number of hydrogen-bond acceptors (Lipinski definition) is 2. The largest absolute Gasteiger partial charge is 0.481 e. The summed E-state index contributed by atoms with van der Waals surface area (Å²) in [4.78, 5) is 25.5. The summed E-state index contributed by atoms with van der Waals surface area (Å²) >= 11 is 0. The average molecular weight is 282 g/mol. The molecule has 114 valence electrons. The Kier molecular flexibility index (Phi) is 4.89. The van der Waals surface area contributed by atoms with Crippen LogP contribution in [0.1, 0.15) is 51.9 Å². The summed E-state index contributed by atoms with van der Waals surface area (Å²) in [6.07, 6.45) is 6.60. The average Bonchev–Trinajstić information content (AvgIpc) is 2.95. The monoisotopic (exact) mass is 282 g/mol. The van der Waals surface area contributed by atoms with Crippen LogP contribution in [0.5, 0.6) is 0 Å². The maximum absolute atomic E-state index is 12.2. The highest BCUT2D eigenvalue weighted by Crippen LogP contribution is 2.37. The van der Waals surface area contributed by atoms with Crippen LogP contribution in [0, 0.1) is 11.3 Å². The van der Waals surface area contributed by atoms with Gasteiger partial charge in [0.1, 0.15) is 0 Å². The molecule has 1 aliphatic heterocycles. The zero-order chi connectivity index (χ0) is 14.6. The Morgan fingerprint density at radius 2 is 2.00 bits per heavy atom. The van der Waals surface area contributed by atoms with Crippen LogP contribution in [-0.4, -0.2) is 41.6 Å². The Morgan fingerprint density at radius 1 is 1.30 bits per heavy atom. The van der Waals surface area contributed by atoms with Crippen LogP contribution in [-0.2, 0) is 4.79 Å². The van der Waals surface area contributed by atoms with E-state index < -0.39 is 11.4 Å². The summed E-state index contributed by atoms with van der Waals surface area (Å²) < 4.78 is 0.